The summed E-state index contributed by atoms with van der Waals surface area (Å²) in [5, 5.41) is 5.85. The molecular formula is C25H25N3O2. The molecule has 0 spiro atoms. The summed E-state index contributed by atoms with van der Waals surface area (Å²) in [6.45, 7) is 3.55. The summed E-state index contributed by atoms with van der Waals surface area (Å²) in [6.07, 6.45) is 0.946. The van der Waals surface area contributed by atoms with Crippen LogP contribution in [0.3, 0.4) is 0 Å². The van der Waals surface area contributed by atoms with Gasteiger partial charge >= 0.3 is 0 Å². The van der Waals surface area contributed by atoms with Crippen LogP contribution in [0.15, 0.2) is 72.8 Å². The van der Waals surface area contributed by atoms with Crippen LogP contribution in [-0.4, -0.2) is 24.9 Å². The quantitative estimate of drug-likeness (QED) is 0.660. The Morgan fingerprint density at radius 3 is 2.50 bits per heavy atom. The number of aryl methyl sites for hydroxylation is 1. The Morgan fingerprint density at radius 1 is 0.933 bits per heavy atom. The lowest BCUT2D eigenvalue weighted by atomic mass is 10.1. The zero-order chi connectivity index (χ0) is 20.9. The average Bonchev–Trinajstić information content (AvgIpc) is 3.16. The van der Waals surface area contributed by atoms with E-state index in [0.717, 1.165) is 24.2 Å². The molecule has 2 N–H and O–H groups in total. The molecule has 5 nitrogen and oxygen atoms in total. The van der Waals surface area contributed by atoms with Crippen molar-refractivity contribution >= 4 is 23.2 Å². The molecule has 1 aliphatic heterocycles. The Bertz CT molecular complexity index is 1060. The number of amides is 2. The highest BCUT2D eigenvalue weighted by molar-refractivity contribution is 6.04. The molecular weight excluding hydrogens is 374 g/mol. The summed E-state index contributed by atoms with van der Waals surface area (Å²) in [7, 11) is 0. The van der Waals surface area contributed by atoms with Crippen LogP contribution in [0.2, 0.25) is 0 Å². The lowest BCUT2D eigenvalue weighted by Gasteiger charge is -2.19. The Morgan fingerprint density at radius 2 is 1.67 bits per heavy atom. The number of fused-ring (bicyclic) bond motifs is 1. The second-order valence-corrected chi connectivity index (χ2v) is 7.56. The summed E-state index contributed by atoms with van der Waals surface area (Å²) in [5.41, 5.74) is 5.57. The molecule has 4 rings (SSSR count). The minimum atomic E-state index is -0.210. The highest BCUT2D eigenvalue weighted by atomic mass is 16.2. The van der Waals surface area contributed by atoms with Crippen molar-refractivity contribution in [3.63, 3.8) is 0 Å². The summed E-state index contributed by atoms with van der Waals surface area (Å²) < 4.78 is 0. The SMILES string of the molecule is Cc1ccc(CNC(=O)c2ccccc2NC(=O)CN2CCc3ccccc32)cc1. The maximum Gasteiger partial charge on any atom is 0.253 e. The zero-order valence-electron chi connectivity index (χ0n) is 17.0. The van der Waals surface area contributed by atoms with Gasteiger partial charge in [-0.15, -0.1) is 0 Å². The van der Waals surface area contributed by atoms with Gasteiger partial charge in [0, 0.05) is 18.8 Å². The van der Waals surface area contributed by atoms with Crippen LogP contribution in [0.5, 0.6) is 0 Å². The molecule has 1 heterocycles. The molecule has 0 unspecified atom stereocenters. The Hall–Kier alpha value is -3.60. The van der Waals surface area contributed by atoms with E-state index >= 15 is 0 Å². The lowest BCUT2D eigenvalue weighted by Crippen LogP contribution is -2.32. The van der Waals surface area contributed by atoms with Gasteiger partial charge in [-0.1, -0.05) is 60.2 Å². The van der Waals surface area contributed by atoms with Gasteiger partial charge < -0.3 is 15.5 Å². The van der Waals surface area contributed by atoms with E-state index in [2.05, 4.69) is 21.6 Å². The molecule has 0 atom stereocenters. The first kappa shape index (κ1) is 19.7. The van der Waals surface area contributed by atoms with Gasteiger partial charge in [0.25, 0.3) is 5.91 Å². The topological polar surface area (TPSA) is 61.4 Å². The van der Waals surface area contributed by atoms with Gasteiger partial charge in [0.2, 0.25) is 5.91 Å². The van der Waals surface area contributed by atoms with Crippen molar-refractivity contribution < 1.29 is 9.59 Å². The Balaban J connectivity index is 1.39. The zero-order valence-corrected chi connectivity index (χ0v) is 17.0. The van der Waals surface area contributed by atoms with Crippen molar-refractivity contribution in [3.8, 4) is 0 Å². The number of nitrogens with zero attached hydrogens (tertiary/aromatic N) is 1. The monoisotopic (exact) mass is 399 g/mol. The average molecular weight is 399 g/mol. The lowest BCUT2D eigenvalue weighted by molar-refractivity contribution is -0.115. The van der Waals surface area contributed by atoms with Crippen LogP contribution in [0.25, 0.3) is 0 Å². The molecule has 152 valence electrons. The van der Waals surface area contributed by atoms with Gasteiger partial charge in [-0.25, -0.2) is 0 Å². The molecule has 0 bridgehead atoms. The predicted molar refractivity (Wildman–Crippen MR) is 120 cm³/mol. The number of rotatable bonds is 6. The molecule has 0 fully saturated rings. The Labute approximate surface area is 176 Å². The molecule has 3 aromatic carbocycles. The van der Waals surface area contributed by atoms with Gasteiger partial charge in [0.05, 0.1) is 17.8 Å². The predicted octanol–water partition coefficient (Wildman–Crippen LogP) is 3.93. The number of hydrogen-bond acceptors (Lipinski definition) is 3. The molecule has 0 aromatic heterocycles. The summed E-state index contributed by atoms with van der Waals surface area (Å²) >= 11 is 0. The fourth-order valence-corrected chi connectivity index (χ4v) is 3.71. The van der Waals surface area contributed by atoms with E-state index in [4.69, 9.17) is 0 Å². The van der Waals surface area contributed by atoms with E-state index in [1.54, 1.807) is 18.2 Å². The van der Waals surface area contributed by atoms with E-state index < -0.39 is 0 Å². The standard InChI is InChI=1S/C25H25N3O2/c1-18-10-12-19(13-11-18)16-26-25(30)21-7-3-4-8-22(21)27-24(29)17-28-15-14-20-6-2-5-9-23(20)28/h2-13H,14-17H2,1H3,(H,26,30)(H,27,29). The van der Waals surface area contributed by atoms with Crippen LogP contribution in [0.4, 0.5) is 11.4 Å². The van der Waals surface area contributed by atoms with Crippen molar-refractivity contribution in [1.29, 1.82) is 0 Å². The van der Waals surface area contributed by atoms with Crippen LogP contribution in [0, 0.1) is 6.92 Å². The van der Waals surface area contributed by atoms with E-state index in [9.17, 15) is 9.59 Å². The molecule has 5 heteroatoms. The highest BCUT2D eigenvalue weighted by Gasteiger charge is 2.21. The molecule has 0 saturated carbocycles. The van der Waals surface area contributed by atoms with Gasteiger partial charge in [0.15, 0.2) is 0 Å². The molecule has 3 aromatic rings. The van der Waals surface area contributed by atoms with E-state index in [1.165, 1.54) is 11.1 Å². The molecule has 1 aliphatic rings. The normalized spacial score (nSPS) is 12.4. The first-order valence-corrected chi connectivity index (χ1v) is 10.2. The van der Waals surface area contributed by atoms with Gasteiger partial charge in [-0.05, 0) is 42.7 Å². The largest absolute Gasteiger partial charge is 0.362 e. The minimum Gasteiger partial charge on any atom is -0.362 e. The van der Waals surface area contributed by atoms with E-state index in [1.807, 2.05) is 55.5 Å². The van der Waals surface area contributed by atoms with Gasteiger partial charge in [0.1, 0.15) is 0 Å². The first-order chi connectivity index (χ1) is 14.6. The third-order valence-corrected chi connectivity index (χ3v) is 5.34. The molecule has 0 saturated heterocycles. The number of para-hydroxylation sites is 2. The number of carbonyl (C=O) groups excluding carboxylic acids is 2. The second-order valence-electron chi connectivity index (χ2n) is 7.56. The third kappa shape index (κ3) is 4.51. The molecule has 0 aliphatic carbocycles. The van der Waals surface area contributed by atoms with Crippen molar-refractivity contribution in [2.45, 2.75) is 19.9 Å². The van der Waals surface area contributed by atoms with E-state index in [-0.39, 0.29) is 18.4 Å². The molecule has 2 amide bonds. The third-order valence-electron chi connectivity index (χ3n) is 5.34. The van der Waals surface area contributed by atoms with Gasteiger partial charge in [-0.2, -0.15) is 0 Å². The minimum absolute atomic E-state index is 0.134. The number of hydrogen-bond donors (Lipinski definition) is 2. The van der Waals surface area contributed by atoms with E-state index in [0.29, 0.717) is 17.8 Å². The summed E-state index contributed by atoms with van der Waals surface area (Å²) in [6, 6.07) is 23.3. The number of carbonyl (C=O) groups is 2. The number of benzene rings is 3. The van der Waals surface area contributed by atoms with Crippen molar-refractivity contribution in [2.75, 3.05) is 23.3 Å². The molecule has 30 heavy (non-hydrogen) atoms. The van der Waals surface area contributed by atoms with Crippen LogP contribution >= 0.6 is 0 Å². The highest BCUT2D eigenvalue weighted by Crippen LogP contribution is 2.27. The van der Waals surface area contributed by atoms with Crippen molar-refractivity contribution in [1.82, 2.24) is 5.32 Å². The Kier molecular flexibility index (Phi) is 5.80. The summed E-state index contributed by atoms with van der Waals surface area (Å²) in [5.74, 6) is -0.344. The molecule has 0 radical (unpaired) electrons. The van der Waals surface area contributed by atoms with Crippen molar-refractivity contribution in [3.05, 3.63) is 95.1 Å². The smallest absolute Gasteiger partial charge is 0.253 e. The number of nitrogens with one attached hydrogen (secondary N) is 2. The second kappa shape index (κ2) is 8.82. The van der Waals surface area contributed by atoms with Gasteiger partial charge in [-0.3, -0.25) is 9.59 Å². The van der Waals surface area contributed by atoms with Crippen LogP contribution in [-0.2, 0) is 17.8 Å². The van der Waals surface area contributed by atoms with Crippen molar-refractivity contribution in [2.24, 2.45) is 0 Å². The van der Waals surface area contributed by atoms with Crippen LogP contribution in [0.1, 0.15) is 27.0 Å². The number of anilines is 2. The van der Waals surface area contributed by atoms with Crippen LogP contribution < -0.4 is 15.5 Å². The maximum atomic E-state index is 12.7. The maximum absolute atomic E-state index is 12.7. The fourth-order valence-electron chi connectivity index (χ4n) is 3.71. The first-order valence-electron chi connectivity index (χ1n) is 10.2. The summed E-state index contributed by atoms with van der Waals surface area (Å²) in [4.78, 5) is 27.5. The fraction of sp³-hybridized carbons (Fsp3) is 0.200.